The van der Waals surface area contributed by atoms with E-state index in [-0.39, 0.29) is 11.1 Å². The first-order valence-electron chi connectivity index (χ1n) is 5.25. The molecule has 0 aromatic heterocycles. The van der Waals surface area contributed by atoms with Crippen LogP contribution in [0, 0.1) is 23.3 Å². The molecule has 0 saturated carbocycles. The molecule has 2 aromatic carbocycles. The van der Waals surface area contributed by atoms with E-state index in [1.165, 1.54) is 12.1 Å². The molecule has 19 heavy (non-hydrogen) atoms. The van der Waals surface area contributed by atoms with Crippen LogP contribution in [0.5, 0.6) is 0 Å². The summed E-state index contributed by atoms with van der Waals surface area (Å²) < 4.78 is 53.2. The van der Waals surface area contributed by atoms with Gasteiger partial charge in [-0.1, -0.05) is 22.0 Å². The number of hydrogen-bond acceptors (Lipinski definition) is 1. The van der Waals surface area contributed by atoms with Gasteiger partial charge in [-0.05, 0) is 29.8 Å². The van der Waals surface area contributed by atoms with Crippen molar-refractivity contribution in [2.75, 3.05) is 0 Å². The summed E-state index contributed by atoms with van der Waals surface area (Å²) in [4.78, 5) is 0. The molecule has 0 bridgehead atoms. The van der Waals surface area contributed by atoms with E-state index in [0.29, 0.717) is 4.47 Å². The lowest BCUT2D eigenvalue weighted by atomic mass is 9.99. The topological polar surface area (TPSA) is 26.0 Å². The van der Waals surface area contributed by atoms with Crippen LogP contribution in [-0.4, -0.2) is 0 Å². The van der Waals surface area contributed by atoms with Crippen LogP contribution in [0.4, 0.5) is 17.6 Å². The Morgan fingerprint density at radius 1 is 0.947 bits per heavy atom. The minimum atomic E-state index is -1.59. The second kappa shape index (κ2) is 5.30. The van der Waals surface area contributed by atoms with Crippen molar-refractivity contribution < 1.29 is 17.6 Å². The largest absolute Gasteiger partial charge is 0.320 e. The van der Waals surface area contributed by atoms with E-state index in [9.17, 15) is 17.6 Å². The Balaban J connectivity index is 2.50. The van der Waals surface area contributed by atoms with Crippen LogP contribution in [0.15, 0.2) is 34.8 Å². The van der Waals surface area contributed by atoms with Gasteiger partial charge in [-0.15, -0.1) is 0 Å². The van der Waals surface area contributed by atoms with Crippen molar-refractivity contribution in [2.24, 2.45) is 5.73 Å². The lowest BCUT2D eigenvalue weighted by molar-refractivity contribution is 0.438. The maximum absolute atomic E-state index is 13.6. The Hall–Kier alpha value is -1.40. The number of nitrogens with two attached hydrogens (primary N) is 1. The van der Waals surface area contributed by atoms with Crippen LogP contribution in [0.25, 0.3) is 0 Å². The van der Waals surface area contributed by atoms with Gasteiger partial charge >= 0.3 is 0 Å². The third kappa shape index (κ3) is 2.79. The second-order valence-electron chi connectivity index (χ2n) is 3.95. The van der Waals surface area contributed by atoms with Gasteiger partial charge in [0, 0.05) is 10.0 Å². The molecule has 0 heterocycles. The molecule has 1 unspecified atom stereocenters. The first-order valence-corrected chi connectivity index (χ1v) is 6.04. The molecule has 0 aliphatic carbocycles. The van der Waals surface area contributed by atoms with Gasteiger partial charge in [0.25, 0.3) is 0 Å². The fourth-order valence-corrected chi connectivity index (χ4v) is 2.20. The molecule has 0 radical (unpaired) electrons. The lowest BCUT2D eigenvalue weighted by Gasteiger charge is -2.14. The summed E-state index contributed by atoms with van der Waals surface area (Å²) in [6, 6.07) is 4.52. The molecular weight excluding hydrogens is 326 g/mol. The SMILES string of the molecule is NC(c1cc(F)cc(Br)c1)c1ccc(F)c(F)c1F. The van der Waals surface area contributed by atoms with Crippen LogP contribution in [0.1, 0.15) is 17.2 Å². The summed E-state index contributed by atoms with van der Waals surface area (Å²) in [5.74, 6) is -4.83. The van der Waals surface area contributed by atoms with E-state index < -0.39 is 29.3 Å². The average molecular weight is 334 g/mol. The molecule has 2 N–H and O–H groups in total. The van der Waals surface area contributed by atoms with Crippen molar-refractivity contribution in [3.05, 3.63) is 69.2 Å². The number of halogens is 5. The fraction of sp³-hybridized carbons (Fsp3) is 0.0769. The van der Waals surface area contributed by atoms with Gasteiger partial charge in [0.05, 0.1) is 6.04 Å². The van der Waals surface area contributed by atoms with E-state index >= 15 is 0 Å². The van der Waals surface area contributed by atoms with Gasteiger partial charge in [0.2, 0.25) is 0 Å². The molecule has 2 aromatic rings. The molecule has 1 nitrogen and oxygen atoms in total. The summed E-state index contributed by atoms with van der Waals surface area (Å²) in [5, 5.41) is 0. The molecule has 0 amide bonds. The van der Waals surface area contributed by atoms with Gasteiger partial charge in [-0.3, -0.25) is 0 Å². The number of rotatable bonds is 2. The highest BCUT2D eigenvalue weighted by Gasteiger charge is 2.20. The molecule has 0 spiro atoms. The van der Waals surface area contributed by atoms with E-state index in [2.05, 4.69) is 15.9 Å². The monoisotopic (exact) mass is 333 g/mol. The van der Waals surface area contributed by atoms with Crippen LogP contribution in [-0.2, 0) is 0 Å². The highest BCUT2D eigenvalue weighted by atomic mass is 79.9. The highest BCUT2D eigenvalue weighted by molar-refractivity contribution is 9.10. The summed E-state index contributed by atoms with van der Waals surface area (Å²) in [7, 11) is 0. The third-order valence-electron chi connectivity index (χ3n) is 2.64. The van der Waals surface area contributed by atoms with Crippen LogP contribution in [0.2, 0.25) is 0 Å². The zero-order valence-electron chi connectivity index (χ0n) is 9.43. The molecule has 0 fully saturated rings. The highest BCUT2D eigenvalue weighted by Crippen LogP contribution is 2.27. The first-order chi connectivity index (χ1) is 8.90. The maximum atomic E-state index is 13.6. The quantitative estimate of drug-likeness (QED) is 0.651. The Morgan fingerprint density at radius 2 is 1.63 bits per heavy atom. The van der Waals surface area contributed by atoms with Crippen molar-refractivity contribution in [3.63, 3.8) is 0 Å². The standard InChI is InChI=1S/C13H8BrF4N/c14-7-3-6(4-8(15)5-7)13(19)9-1-2-10(16)12(18)11(9)17/h1-5,13H,19H2. The van der Waals surface area contributed by atoms with Crippen molar-refractivity contribution in [1.29, 1.82) is 0 Å². The minimum absolute atomic E-state index is 0.239. The van der Waals surface area contributed by atoms with Gasteiger partial charge < -0.3 is 5.73 Å². The molecule has 2 rings (SSSR count). The van der Waals surface area contributed by atoms with Crippen LogP contribution < -0.4 is 5.73 Å². The summed E-state index contributed by atoms with van der Waals surface area (Å²) in [6.07, 6.45) is 0. The van der Waals surface area contributed by atoms with Crippen LogP contribution in [0.3, 0.4) is 0 Å². The normalized spacial score (nSPS) is 12.5. The van der Waals surface area contributed by atoms with E-state index in [4.69, 9.17) is 5.73 Å². The molecule has 0 aliphatic heterocycles. The zero-order chi connectivity index (χ0) is 14.2. The summed E-state index contributed by atoms with van der Waals surface area (Å²) >= 11 is 3.08. The Morgan fingerprint density at radius 3 is 2.26 bits per heavy atom. The van der Waals surface area contributed by atoms with Crippen molar-refractivity contribution in [3.8, 4) is 0 Å². The first kappa shape index (κ1) is 14.0. The van der Waals surface area contributed by atoms with Crippen molar-refractivity contribution >= 4 is 15.9 Å². The van der Waals surface area contributed by atoms with Crippen molar-refractivity contribution in [2.45, 2.75) is 6.04 Å². The predicted octanol–water partition coefficient (Wildman–Crippen LogP) is 4.05. The second-order valence-corrected chi connectivity index (χ2v) is 4.86. The van der Waals surface area contributed by atoms with Gasteiger partial charge in [0.1, 0.15) is 5.82 Å². The zero-order valence-corrected chi connectivity index (χ0v) is 11.0. The molecule has 6 heteroatoms. The molecule has 0 aliphatic rings. The fourth-order valence-electron chi connectivity index (χ4n) is 1.72. The summed E-state index contributed by atoms with van der Waals surface area (Å²) in [5.41, 5.74) is 5.76. The van der Waals surface area contributed by atoms with Crippen molar-refractivity contribution in [1.82, 2.24) is 0 Å². The maximum Gasteiger partial charge on any atom is 0.194 e. The molecule has 0 saturated heterocycles. The molecule has 1 atom stereocenters. The smallest absolute Gasteiger partial charge is 0.194 e. The minimum Gasteiger partial charge on any atom is -0.320 e. The van der Waals surface area contributed by atoms with E-state index in [1.807, 2.05) is 0 Å². The van der Waals surface area contributed by atoms with Crippen LogP contribution >= 0.6 is 15.9 Å². The van der Waals surface area contributed by atoms with Gasteiger partial charge in [-0.25, -0.2) is 17.6 Å². The van der Waals surface area contributed by atoms with Gasteiger partial charge in [-0.2, -0.15) is 0 Å². The molecular formula is C13H8BrF4N. The predicted molar refractivity (Wildman–Crippen MR) is 66.4 cm³/mol. The van der Waals surface area contributed by atoms with E-state index in [0.717, 1.165) is 18.2 Å². The number of hydrogen-bond donors (Lipinski definition) is 1. The number of benzene rings is 2. The Labute approximate surface area is 115 Å². The molecule has 100 valence electrons. The third-order valence-corrected chi connectivity index (χ3v) is 3.10. The average Bonchev–Trinajstić information content (AvgIpc) is 2.34. The lowest BCUT2D eigenvalue weighted by Crippen LogP contribution is -2.15. The Bertz CT molecular complexity index is 610. The Kier molecular flexibility index (Phi) is 3.91. The summed E-state index contributed by atoms with van der Waals surface area (Å²) in [6.45, 7) is 0. The van der Waals surface area contributed by atoms with Gasteiger partial charge in [0.15, 0.2) is 17.5 Å². The van der Waals surface area contributed by atoms with E-state index in [1.54, 1.807) is 0 Å².